The standard InChI is InChI=1S/C16H19BrN4O/c1-11(9-21-10-12(17)8-19-21)18-7-6-14-13-4-2-3-5-15(13)20-16(14)22/h2-5,8,10-11,14,18H,6-7,9H2,1H3,(H,20,22)/t11-,14-/m0/s1. The van der Waals surface area contributed by atoms with Crippen molar-refractivity contribution in [1.82, 2.24) is 15.1 Å². The third-order valence-corrected chi connectivity index (χ3v) is 4.31. The van der Waals surface area contributed by atoms with Gasteiger partial charge in [0.15, 0.2) is 0 Å². The van der Waals surface area contributed by atoms with E-state index in [0.717, 1.165) is 35.2 Å². The number of nitrogens with zero attached hydrogens (tertiary/aromatic N) is 2. The minimum atomic E-state index is -0.0465. The van der Waals surface area contributed by atoms with E-state index in [2.05, 4.69) is 38.6 Å². The van der Waals surface area contributed by atoms with Crippen LogP contribution in [0.2, 0.25) is 0 Å². The molecule has 5 nitrogen and oxygen atoms in total. The van der Waals surface area contributed by atoms with Crippen LogP contribution in [0, 0.1) is 0 Å². The van der Waals surface area contributed by atoms with E-state index in [1.165, 1.54) is 0 Å². The number of benzene rings is 1. The number of amides is 1. The first kappa shape index (κ1) is 15.2. The van der Waals surface area contributed by atoms with Gasteiger partial charge in [-0.2, -0.15) is 5.10 Å². The molecule has 2 atom stereocenters. The Labute approximate surface area is 138 Å². The van der Waals surface area contributed by atoms with Gasteiger partial charge in [-0.3, -0.25) is 9.48 Å². The first-order valence-electron chi connectivity index (χ1n) is 7.44. The first-order chi connectivity index (χ1) is 10.6. The van der Waals surface area contributed by atoms with Crippen LogP contribution in [0.3, 0.4) is 0 Å². The van der Waals surface area contributed by atoms with E-state index < -0.39 is 0 Å². The first-order valence-corrected chi connectivity index (χ1v) is 8.24. The second-order valence-corrected chi connectivity index (χ2v) is 6.57. The monoisotopic (exact) mass is 362 g/mol. The van der Waals surface area contributed by atoms with Gasteiger partial charge in [-0.15, -0.1) is 0 Å². The third kappa shape index (κ3) is 3.39. The van der Waals surface area contributed by atoms with Crippen molar-refractivity contribution in [1.29, 1.82) is 0 Å². The molecule has 6 heteroatoms. The lowest BCUT2D eigenvalue weighted by atomic mass is 9.97. The fraction of sp³-hybridized carbons (Fsp3) is 0.375. The topological polar surface area (TPSA) is 59.0 Å². The lowest BCUT2D eigenvalue weighted by molar-refractivity contribution is -0.117. The highest BCUT2D eigenvalue weighted by atomic mass is 79.9. The molecule has 0 fully saturated rings. The van der Waals surface area contributed by atoms with E-state index in [1.807, 2.05) is 35.1 Å². The van der Waals surface area contributed by atoms with Gasteiger partial charge < -0.3 is 10.6 Å². The molecule has 0 spiro atoms. The molecule has 2 heterocycles. The van der Waals surface area contributed by atoms with Crippen LogP contribution in [-0.2, 0) is 11.3 Å². The fourth-order valence-corrected chi connectivity index (χ4v) is 3.15. The zero-order valence-corrected chi connectivity index (χ0v) is 14.0. The van der Waals surface area contributed by atoms with Crippen molar-refractivity contribution in [3.63, 3.8) is 0 Å². The molecule has 22 heavy (non-hydrogen) atoms. The van der Waals surface area contributed by atoms with Gasteiger partial charge in [0.25, 0.3) is 0 Å². The fourth-order valence-electron chi connectivity index (χ4n) is 2.82. The van der Waals surface area contributed by atoms with Crippen LogP contribution in [0.4, 0.5) is 5.69 Å². The molecular formula is C16H19BrN4O. The predicted octanol–water partition coefficient (Wildman–Crippen LogP) is 2.75. The smallest absolute Gasteiger partial charge is 0.232 e. The van der Waals surface area contributed by atoms with Crippen molar-refractivity contribution in [2.45, 2.75) is 31.8 Å². The molecule has 1 aromatic heterocycles. The van der Waals surface area contributed by atoms with Crippen LogP contribution >= 0.6 is 15.9 Å². The molecule has 3 rings (SSSR count). The summed E-state index contributed by atoms with van der Waals surface area (Å²) in [6, 6.07) is 8.22. The molecule has 0 saturated heterocycles. The van der Waals surface area contributed by atoms with Crippen molar-refractivity contribution in [2.75, 3.05) is 11.9 Å². The molecule has 2 aromatic rings. The number of fused-ring (bicyclic) bond motifs is 1. The van der Waals surface area contributed by atoms with E-state index in [0.29, 0.717) is 6.04 Å². The van der Waals surface area contributed by atoms with Crippen LogP contribution in [0.1, 0.15) is 24.8 Å². The number of halogens is 1. The summed E-state index contributed by atoms with van der Waals surface area (Å²) in [5.74, 6) is 0.0569. The second kappa shape index (κ2) is 6.62. The summed E-state index contributed by atoms with van der Waals surface area (Å²) in [4.78, 5) is 12.0. The Kier molecular flexibility index (Phi) is 4.59. The van der Waals surface area contributed by atoms with Gasteiger partial charge in [0.1, 0.15) is 0 Å². The average molecular weight is 363 g/mol. The molecule has 1 amide bonds. The number of aromatic nitrogens is 2. The lowest BCUT2D eigenvalue weighted by Gasteiger charge is -2.15. The molecule has 2 N–H and O–H groups in total. The largest absolute Gasteiger partial charge is 0.325 e. The molecule has 0 aliphatic carbocycles. The highest BCUT2D eigenvalue weighted by Gasteiger charge is 2.29. The summed E-state index contributed by atoms with van der Waals surface area (Å²) in [5.41, 5.74) is 2.06. The van der Waals surface area contributed by atoms with Crippen molar-refractivity contribution >= 4 is 27.5 Å². The number of rotatable bonds is 6. The zero-order chi connectivity index (χ0) is 15.5. The average Bonchev–Trinajstić information content (AvgIpc) is 3.03. The Morgan fingerprint density at radius 3 is 3.05 bits per heavy atom. The highest BCUT2D eigenvalue weighted by Crippen LogP contribution is 2.33. The summed E-state index contributed by atoms with van der Waals surface area (Å²) in [6.07, 6.45) is 4.54. The van der Waals surface area contributed by atoms with Crippen LogP contribution < -0.4 is 10.6 Å². The van der Waals surface area contributed by atoms with E-state index in [1.54, 1.807) is 6.20 Å². The van der Waals surface area contributed by atoms with E-state index >= 15 is 0 Å². The lowest BCUT2D eigenvalue weighted by Crippen LogP contribution is -2.32. The SMILES string of the molecule is C[C@@H](Cn1cc(Br)cn1)NCC[C@@H]1C(=O)Nc2ccccc21. The predicted molar refractivity (Wildman–Crippen MR) is 89.8 cm³/mol. The van der Waals surface area contributed by atoms with Crippen molar-refractivity contribution in [3.8, 4) is 0 Å². The highest BCUT2D eigenvalue weighted by molar-refractivity contribution is 9.10. The van der Waals surface area contributed by atoms with Gasteiger partial charge in [-0.25, -0.2) is 0 Å². The third-order valence-electron chi connectivity index (χ3n) is 3.90. The Morgan fingerprint density at radius 2 is 2.27 bits per heavy atom. The minimum Gasteiger partial charge on any atom is -0.325 e. The maximum Gasteiger partial charge on any atom is 0.232 e. The molecule has 0 saturated carbocycles. The number of anilines is 1. The number of carbonyl (C=O) groups is 1. The summed E-state index contributed by atoms with van der Waals surface area (Å²) in [6.45, 7) is 3.73. The second-order valence-electron chi connectivity index (χ2n) is 5.65. The molecule has 0 unspecified atom stereocenters. The Bertz CT molecular complexity index is 670. The number of para-hydroxylation sites is 1. The summed E-state index contributed by atoms with van der Waals surface area (Å²) in [5, 5.41) is 10.7. The summed E-state index contributed by atoms with van der Waals surface area (Å²) >= 11 is 3.39. The molecule has 0 radical (unpaired) electrons. The molecule has 1 aliphatic rings. The minimum absolute atomic E-state index is 0.0465. The molecule has 1 aromatic carbocycles. The van der Waals surface area contributed by atoms with E-state index in [4.69, 9.17) is 0 Å². The van der Waals surface area contributed by atoms with Crippen molar-refractivity contribution in [3.05, 3.63) is 46.7 Å². The van der Waals surface area contributed by atoms with Gasteiger partial charge in [0.2, 0.25) is 5.91 Å². The zero-order valence-electron chi connectivity index (χ0n) is 12.4. The van der Waals surface area contributed by atoms with E-state index in [-0.39, 0.29) is 11.8 Å². The Hall–Kier alpha value is -1.66. The summed E-state index contributed by atoms with van der Waals surface area (Å²) in [7, 11) is 0. The maximum atomic E-state index is 12.0. The van der Waals surface area contributed by atoms with Crippen molar-refractivity contribution in [2.24, 2.45) is 0 Å². The number of hydrogen-bond acceptors (Lipinski definition) is 3. The van der Waals surface area contributed by atoms with Gasteiger partial charge in [-0.05, 0) is 47.4 Å². The number of carbonyl (C=O) groups excluding carboxylic acids is 1. The van der Waals surface area contributed by atoms with Gasteiger partial charge >= 0.3 is 0 Å². The van der Waals surface area contributed by atoms with Crippen molar-refractivity contribution < 1.29 is 4.79 Å². The van der Waals surface area contributed by atoms with Gasteiger partial charge in [0.05, 0.1) is 23.1 Å². The van der Waals surface area contributed by atoms with Crippen LogP contribution in [0.5, 0.6) is 0 Å². The van der Waals surface area contributed by atoms with Gasteiger partial charge in [-0.1, -0.05) is 18.2 Å². The summed E-state index contributed by atoms with van der Waals surface area (Å²) < 4.78 is 2.89. The quantitative estimate of drug-likeness (QED) is 0.830. The molecule has 0 bridgehead atoms. The van der Waals surface area contributed by atoms with Crippen LogP contribution in [-0.4, -0.2) is 28.3 Å². The number of nitrogens with one attached hydrogen (secondary N) is 2. The van der Waals surface area contributed by atoms with Gasteiger partial charge in [0, 0.05) is 17.9 Å². The normalized spacial score (nSPS) is 18.1. The number of hydrogen-bond donors (Lipinski definition) is 2. The molecule has 1 aliphatic heterocycles. The van der Waals surface area contributed by atoms with Crippen LogP contribution in [0.25, 0.3) is 0 Å². The van der Waals surface area contributed by atoms with Crippen LogP contribution in [0.15, 0.2) is 41.1 Å². The Morgan fingerprint density at radius 1 is 1.45 bits per heavy atom. The molecular weight excluding hydrogens is 344 g/mol. The molecule has 116 valence electrons. The maximum absolute atomic E-state index is 12.0. The Balaban J connectivity index is 1.50. The van der Waals surface area contributed by atoms with E-state index in [9.17, 15) is 4.79 Å².